The number of benzene rings is 2. The van der Waals surface area contributed by atoms with Gasteiger partial charge in [0.05, 0.1) is 10.8 Å². The third kappa shape index (κ3) is 4.05. The summed E-state index contributed by atoms with van der Waals surface area (Å²) in [7, 11) is 0. The Balaban J connectivity index is 1.68. The summed E-state index contributed by atoms with van der Waals surface area (Å²) in [6.45, 7) is 3.54. The first kappa shape index (κ1) is 18.4. The molecule has 1 atom stereocenters. The van der Waals surface area contributed by atoms with Crippen LogP contribution < -0.4 is 5.32 Å². The van der Waals surface area contributed by atoms with E-state index in [1.165, 1.54) is 6.07 Å². The van der Waals surface area contributed by atoms with Crippen molar-refractivity contribution in [3.05, 3.63) is 58.9 Å². The van der Waals surface area contributed by atoms with Crippen molar-refractivity contribution in [1.82, 2.24) is 10.2 Å². The quantitative estimate of drug-likeness (QED) is 0.623. The van der Waals surface area contributed by atoms with Crippen LogP contribution in [0, 0.1) is 12.7 Å². The lowest BCUT2D eigenvalue weighted by molar-refractivity contribution is -0.115. The number of nitrogens with zero attached hydrogens (tertiary/aromatic N) is 2. The first-order chi connectivity index (χ1) is 12.5. The van der Waals surface area contributed by atoms with E-state index in [1.807, 2.05) is 6.92 Å². The van der Waals surface area contributed by atoms with Crippen LogP contribution in [0.25, 0.3) is 11.5 Å². The second-order valence-electron chi connectivity index (χ2n) is 5.51. The number of thioether (sulfide) groups is 1. The molecule has 5 nitrogen and oxygen atoms in total. The van der Waals surface area contributed by atoms with Crippen LogP contribution in [0.4, 0.5) is 10.1 Å². The Kier molecular flexibility index (Phi) is 5.58. The highest BCUT2D eigenvalue weighted by Gasteiger charge is 2.20. The summed E-state index contributed by atoms with van der Waals surface area (Å²) in [6.07, 6.45) is 0. The normalized spacial score (nSPS) is 12.0. The largest absolute Gasteiger partial charge is 0.411 e. The summed E-state index contributed by atoms with van der Waals surface area (Å²) in [5.41, 5.74) is 1.66. The fourth-order valence-electron chi connectivity index (χ4n) is 2.18. The number of anilines is 1. The molecule has 1 N–H and O–H groups in total. The summed E-state index contributed by atoms with van der Waals surface area (Å²) < 4.78 is 19.2. The standard InChI is InChI=1S/C18H15ClFN3O2S/c1-10-13(19)7-5-9-15(10)21-16(24)11(2)26-18-23-22-17(25-18)12-6-3-4-8-14(12)20/h3-9,11H,1-2H3,(H,21,24)/t11-/m1/s1. The molecule has 0 bridgehead atoms. The predicted molar refractivity (Wildman–Crippen MR) is 99.8 cm³/mol. The molecule has 3 rings (SSSR count). The van der Waals surface area contributed by atoms with Gasteiger partial charge in [-0.2, -0.15) is 0 Å². The molecule has 0 aliphatic rings. The molecule has 0 unspecified atom stereocenters. The number of hydrogen-bond donors (Lipinski definition) is 1. The van der Waals surface area contributed by atoms with Crippen molar-refractivity contribution in [3.63, 3.8) is 0 Å². The lowest BCUT2D eigenvalue weighted by Crippen LogP contribution is -2.22. The van der Waals surface area contributed by atoms with Crippen LogP contribution in [0.15, 0.2) is 52.1 Å². The molecule has 0 radical (unpaired) electrons. The average Bonchev–Trinajstić information content (AvgIpc) is 3.07. The Morgan fingerprint density at radius 2 is 2.00 bits per heavy atom. The first-order valence-electron chi connectivity index (χ1n) is 7.76. The molecule has 0 aliphatic carbocycles. The molecular formula is C18H15ClFN3O2S. The van der Waals surface area contributed by atoms with Gasteiger partial charge in [0.15, 0.2) is 0 Å². The van der Waals surface area contributed by atoms with Crippen molar-refractivity contribution in [2.24, 2.45) is 0 Å². The van der Waals surface area contributed by atoms with Crippen LogP contribution in [-0.4, -0.2) is 21.4 Å². The number of amides is 1. The van der Waals surface area contributed by atoms with E-state index in [2.05, 4.69) is 15.5 Å². The maximum absolute atomic E-state index is 13.8. The third-order valence-electron chi connectivity index (χ3n) is 3.68. The molecule has 3 aromatic rings. The Morgan fingerprint density at radius 1 is 1.23 bits per heavy atom. The van der Waals surface area contributed by atoms with Crippen molar-refractivity contribution in [1.29, 1.82) is 0 Å². The number of aromatic nitrogens is 2. The SMILES string of the molecule is Cc1c(Cl)cccc1NC(=O)[C@@H](C)Sc1nnc(-c2ccccc2F)o1. The van der Waals surface area contributed by atoms with Gasteiger partial charge in [-0.15, -0.1) is 10.2 Å². The Morgan fingerprint density at radius 3 is 2.77 bits per heavy atom. The van der Waals surface area contributed by atoms with Gasteiger partial charge < -0.3 is 9.73 Å². The van der Waals surface area contributed by atoms with E-state index >= 15 is 0 Å². The topological polar surface area (TPSA) is 68.0 Å². The second-order valence-corrected chi connectivity index (χ2v) is 7.21. The molecule has 26 heavy (non-hydrogen) atoms. The van der Waals surface area contributed by atoms with Gasteiger partial charge in [-0.05, 0) is 43.7 Å². The van der Waals surface area contributed by atoms with Crippen molar-refractivity contribution < 1.29 is 13.6 Å². The first-order valence-corrected chi connectivity index (χ1v) is 9.02. The lowest BCUT2D eigenvalue weighted by Gasteiger charge is -2.12. The molecule has 134 valence electrons. The van der Waals surface area contributed by atoms with E-state index in [-0.39, 0.29) is 22.6 Å². The van der Waals surface area contributed by atoms with Crippen LogP contribution in [0.2, 0.25) is 5.02 Å². The zero-order valence-electron chi connectivity index (χ0n) is 14.0. The maximum atomic E-state index is 13.8. The summed E-state index contributed by atoms with van der Waals surface area (Å²) in [4.78, 5) is 12.4. The van der Waals surface area contributed by atoms with Gasteiger partial charge in [0.1, 0.15) is 5.82 Å². The minimum Gasteiger partial charge on any atom is -0.411 e. The van der Waals surface area contributed by atoms with Crippen molar-refractivity contribution in [3.8, 4) is 11.5 Å². The van der Waals surface area contributed by atoms with Crippen LogP contribution in [-0.2, 0) is 4.79 Å². The highest BCUT2D eigenvalue weighted by Crippen LogP contribution is 2.29. The highest BCUT2D eigenvalue weighted by molar-refractivity contribution is 8.00. The fourth-order valence-corrected chi connectivity index (χ4v) is 3.04. The van der Waals surface area contributed by atoms with Crippen molar-refractivity contribution in [2.75, 3.05) is 5.32 Å². The van der Waals surface area contributed by atoms with E-state index in [0.717, 1.165) is 17.3 Å². The number of rotatable bonds is 5. The molecule has 0 fully saturated rings. The molecule has 0 saturated carbocycles. The smallest absolute Gasteiger partial charge is 0.277 e. The number of carbonyl (C=O) groups excluding carboxylic acids is 1. The van der Waals surface area contributed by atoms with Gasteiger partial charge in [0.2, 0.25) is 5.91 Å². The van der Waals surface area contributed by atoms with Crippen LogP contribution in [0.5, 0.6) is 0 Å². The van der Waals surface area contributed by atoms with Crippen LogP contribution in [0.3, 0.4) is 0 Å². The average molecular weight is 392 g/mol. The number of halogens is 2. The maximum Gasteiger partial charge on any atom is 0.277 e. The van der Waals surface area contributed by atoms with Gasteiger partial charge in [-0.3, -0.25) is 4.79 Å². The van der Waals surface area contributed by atoms with Crippen molar-refractivity contribution >= 4 is 35.0 Å². The Labute approximate surface area is 159 Å². The predicted octanol–water partition coefficient (Wildman–Crippen LogP) is 4.96. The minimum atomic E-state index is -0.498. The zero-order chi connectivity index (χ0) is 18.7. The molecule has 0 spiro atoms. The van der Waals surface area contributed by atoms with E-state index in [1.54, 1.807) is 43.3 Å². The van der Waals surface area contributed by atoms with Gasteiger partial charge >= 0.3 is 0 Å². The Hall–Kier alpha value is -2.38. The molecule has 1 heterocycles. The van der Waals surface area contributed by atoms with Crippen LogP contribution >= 0.6 is 23.4 Å². The monoisotopic (exact) mass is 391 g/mol. The number of hydrogen-bond acceptors (Lipinski definition) is 5. The van der Waals surface area contributed by atoms with Gasteiger partial charge in [-0.25, -0.2) is 4.39 Å². The molecule has 0 aliphatic heterocycles. The summed E-state index contributed by atoms with van der Waals surface area (Å²) in [6, 6.07) is 11.4. The molecule has 2 aromatic carbocycles. The number of carbonyl (C=O) groups is 1. The lowest BCUT2D eigenvalue weighted by atomic mass is 10.2. The van der Waals surface area contributed by atoms with Gasteiger partial charge in [-0.1, -0.05) is 41.6 Å². The summed E-state index contributed by atoms with van der Waals surface area (Å²) in [5, 5.41) is 10.8. The molecule has 8 heteroatoms. The second kappa shape index (κ2) is 7.88. The Bertz CT molecular complexity index is 948. The van der Waals surface area contributed by atoms with E-state index < -0.39 is 11.1 Å². The van der Waals surface area contributed by atoms with Crippen LogP contribution in [0.1, 0.15) is 12.5 Å². The molecule has 1 aromatic heterocycles. The molecular weight excluding hydrogens is 377 g/mol. The van der Waals surface area contributed by atoms with Gasteiger partial charge in [0.25, 0.3) is 11.1 Å². The number of nitrogens with one attached hydrogen (secondary N) is 1. The third-order valence-corrected chi connectivity index (χ3v) is 5.03. The van der Waals surface area contributed by atoms with Gasteiger partial charge in [0, 0.05) is 10.7 Å². The van der Waals surface area contributed by atoms with E-state index in [9.17, 15) is 9.18 Å². The molecule has 0 saturated heterocycles. The summed E-state index contributed by atoms with van der Waals surface area (Å²) in [5.74, 6) is -0.607. The summed E-state index contributed by atoms with van der Waals surface area (Å²) >= 11 is 7.15. The van der Waals surface area contributed by atoms with Crippen molar-refractivity contribution in [2.45, 2.75) is 24.3 Å². The zero-order valence-corrected chi connectivity index (χ0v) is 15.6. The highest BCUT2D eigenvalue weighted by atomic mass is 35.5. The fraction of sp³-hybridized carbons (Fsp3) is 0.167. The van der Waals surface area contributed by atoms with E-state index in [0.29, 0.717) is 10.7 Å². The van der Waals surface area contributed by atoms with E-state index in [4.69, 9.17) is 16.0 Å². The molecule has 1 amide bonds. The minimum absolute atomic E-state index is 0.0730.